The SMILES string of the molecule is O=C(CCc1ccoc1)NCc1cccc(C(F)(F)F)n1. The van der Waals surface area contributed by atoms with Gasteiger partial charge >= 0.3 is 6.18 Å². The van der Waals surface area contributed by atoms with Crippen LogP contribution in [-0.2, 0) is 23.9 Å². The predicted octanol–water partition coefficient (Wildman–Crippen LogP) is 2.94. The lowest BCUT2D eigenvalue weighted by Gasteiger charge is -2.08. The summed E-state index contributed by atoms with van der Waals surface area (Å²) in [6.07, 6.45) is -0.681. The molecule has 0 saturated heterocycles. The number of carbonyl (C=O) groups excluding carboxylic acids is 1. The molecule has 2 heterocycles. The zero-order valence-corrected chi connectivity index (χ0v) is 11.0. The van der Waals surface area contributed by atoms with Gasteiger partial charge in [0.25, 0.3) is 0 Å². The maximum atomic E-state index is 12.5. The number of carbonyl (C=O) groups is 1. The molecule has 7 heteroatoms. The molecule has 0 atom stereocenters. The van der Waals surface area contributed by atoms with E-state index in [4.69, 9.17) is 4.42 Å². The summed E-state index contributed by atoms with van der Waals surface area (Å²) >= 11 is 0. The summed E-state index contributed by atoms with van der Waals surface area (Å²) in [6, 6.07) is 5.35. The fourth-order valence-corrected chi connectivity index (χ4v) is 1.71. The highest BCUT2D eigenvalue weighted by atomic mass is 19.4. The number of nitrogens with one attached hydrogen (secondary N) is 1. The molecular formula is C14H13F3N2O2. The highest BCUT2D eigenvalue weighted by Gasteiger charge is 2.32. The normalized spacial score (nSPS) is 11.4. The van der Waals surface area contributed by atoms with Gasteiger partial charge in [0.15, 0.2) is 0 Å². The molecule has 0 spiro atoms. The predicted molar refractivity (Wildman–Crippen MR) is 68.1 cm³/mol. The molecule has 0 aliphatic heterocycles. The Morgan fingerprint density at radius 3 is 2.76 bits per heavy atom. The number of alkyl halides is 3. The third kappa shape index (κ3) is 4.62. The van der Waals surface area contributed by atoms with Crippen LogP contribution in [0.25, 0.3) is 0 Å². The molecule has 0 aromatic carbocycles. The standard InChI is InChI=1S/C14H13F3N2O2/c15-14(16,17)12-3-1-2-11(19-12)8-18-13(20)5-4-10-6-7-21-9-10/h1-3,6-7,9H,4-5,8H2,(H,18,20). The molecule has 112 valence electrons. The summed E-state index contributed by atoms with van der Waals surface area (Å²) in [4.78, 5) is 15.1. The summed E-state index contributed by atoms with van der Waals surface area (Å²) in [5.74, 6) is -0.254. The number of rotatable bonds is 5. The molecule has 0 saturated carbocycles. The number of aryl methyl sites for hydroxylation is 1. The fraction of sp³-hybridized carbons (Fsp3) is 0.286. The monoisotopic (exact) mass is 298 g/mol. The van der Waals surface area contributed by atoms with Crippen molar-refractivity contribution >= 4 is 5.91 Å². The highest BCUT2D eigenvalue weighted by molar-refractivity contribution is 5.76. The summed E-state index contributed by atoms with van der Waals surface area (Å²) in [5.41, 5.74) is 0.0940. The molecule has 1 amide bonds. The number of aromatic nitrogens is 1. The van der Waals surface area contributed by atoms with Crippen LogP contribution in [0.1, 0.15) is 23.4 Å². The van der Waals surface area contributed by atoms with Crippen LogP contribution in [0.15, 0.2) is 41.2 Å². The van der Waals surface area contributed by atoms with Gasteiger partial charge in [-0.15, -0.1) is 0 Å². The number of furan rings is 1. The van der Waals surface area contributed by atoms with Gasteiger partial charge < -0.3 is 9.73 Å². The lowest BCUT2D eigenvalue weighted by molar-refractivity contribution is -0.141. The Bertz CT molecular complexity index is 595. The Labute approximate surface area is 119 Å². The Balaban J connectivity index is 1.83. The first-order valence-electron chi connectivity index (χ1n) is 6.26. The van der Waals surface area contributed by atoms with Gasteiger partial charge in [0.1, 0.15) is 5.69 Å². The van der Waals surface area contributed by atoms with Crippen LogP contribution >= 0.6 is 0 Å². The number of hydrogen-bond donors (Lipinski definition) is 1. The zero-order valence-electron chi connectivity index (χ0n) is 11.0. The van der Waals surface area contributed by atoms with Crippen molar-refractivity contribution in [3.8, 4) is 0 Å². The first kappa shape index (κ1) is 15.1. The number of pyridine rings is 1. The van der Waals surface area contributed by atoms with Crippen molar-refractivity contribution in [3.05, 3.63) is 53.7 Å². The molecule has 2 rings (SSSR count). The third-order valence-electron chi connectivity index (χ3n) is 2.78. The molecule has 0 aliphatic carbocycles. The second-order valence-electron chi connectivity index (χ2n) is 4.42. The quantitative estimate of drug-likeness (QED) is 0.923. The van der Waals surface area contributed by atoms with Crippen molar-refractivity contribution in [1.82, 2.24) is 10.3 Å². The number of amides is 1. The molecule has 0 unspecified atom stereocenters. The maximum absolute atomic E-state index is 12.5. The van der Waals surface area contributed by atoms with Gasteiger partial charge in [0.05, 0.1) is 24.8 Å². The molecule has 2 aromatic rings. The Morgan fingerprint density at radius 2 is 2.10 bits per heavy atom. The fourth-order valence-electron chi connectivity index (χ4n) is 1.71. The van der Waals surface area contributed by atoms with E-state index in [1.807, 2.05) is 0 Å². The van der Waals surface area contributed by atoms with Gasteiger partial charge in [-0.25, -0.2) is 4.98 Å². The molecule has 0 aliphatic rings. The van der Waals surface area contributed by atoms with E-state index in [9.17, 15) is 18.0 Å². The topological polar surface area (TPSA) is 55.1 Å². The number of halogens is 3. The summed E-state index contributed by atoms with van der Waals surface area (Å²) < 4.78 is 42.3. The van der Waals surface area contributed by atoms with Crippen molar-refractivity contribution in [2.45, 2.75) is 25.6 Å². The van der Waals surface area contributed by atoms with E-state index in [1.165, 1.54) is 18.4 Å². The largest absolute Gasteiger partial charge is 0.472 e. The van der Waals surface area contributed by atoms with Crippen LogP contribution in [-0.4, -0.2) is 10.9 Å². The number of nitrogens with zero attached hydrogens (tertiary/aromatic N) is 1. The lowest BCUT2D eigenvalue weighted by Crippen LogP contribution is -2.24. The lowest BCUT2D eigenvalue weighted by atomic mass is 10.2. The summed E-state index contributed by atoms with van der Waals surface area (Å²) in [6.45, 7) is -0.0336. The molecule has 0 bridgehead atoms. The maximum Gasteiger partial charge on any atom is 0.433 e. The second kappa shape index (κ2) is 6.43. The van der Waals surface area contributed by atoms with E-state index in [2.05, 4.69) is 10.3 Å². The van der Waals surface area contributed by atoms with Crippen LogP contribution in [0.2, 0.25) is 0 Å². The van der Waals surface area contributed by atoms with Crippen LogP contribution in [0.4, 0.5) is 13.2 Å². The van der Waals surface area contributed by atoms with Gasteiger partial charge in [0, 0.05) is 6.42 Å². The molecule has 2 aromatic heterocycles. The third-order valence-corrected chi connectivity index (χ3v) is 2.78. The van der Waals surface area contributed by atoms with Crippen molar-refractivity contribution in [1.29, 1.82) is 0 Å². The average molecular weight is 298 g/mol. The Morgan fingerprint density at radius 1 is 1.29 bits per heavy atom. The average Bonchev–Trinajstić information content (AvgIpc) is 2.95. The molecule has 21 heavy (non-hydrogen) atoms. The van der Waals surface area contributed by atoms with E-state index >= 15 is 0 Å². The molecule has 0 fully saturated rings. The molecule has 4 nitrogen and oxygen atoms in total. The highest BCUT2D eigenvalue weighted by Crippen LogP contribution is 2.27. The smallest absolute Gasteiger partial charge is 0.433 e. The van der Waals surface area contributed by atoms with E-state index in [0.29, 0.717) is 6.42 Å². The van der Waals surface area contributed by atoms with Gasteiger partial charge in [0.2, 0.25) is 5.91 Å². The second-order valence-corrected chi connectivity index (χ2v) is 4.42. The van der Waals surface area contributed by atoms with Crippen molar-refractivity contribution in [2.24, 2.45) is 0 Å². The Kier molecular flexibility index (Phi) is 4.62. The van der Waals surface area contributed by atoms with Gasteiger partial charge in [-0.1, -0.05) is 6.07 Å². The van der Waals surface area contributed by atoms with E-state index in [1.54, 1.807) is 12.3 Å². The van der Waals surface area contributed by atoms with E-state index in [0.717, 1.165) is 11.6 Å². The minimum absolute atomic E-state index is 0.0336. The molecule has 0 radical (unpaired) electrons. The molecular weight excluding hydrogens is 285 g/mol. The van der Waals surface area contributed by atoms with E-state index in [-0.39, 0.29) is 24.6 Å². The van der Waals surface area contributed by atoms with Crippen LogP contribution in [0, 0.1) is 0 Å². The van der Waals surface area contributed by atoms with Crippen LogP contribution in [0.3, 0.4) is 0 Å². The van der Waals surface area contributed by atoms with Crippen molar-refractivity contribution < 1.29 is 22.4 Å². The Hall–Kier alpha value is -2.31. The van der Waals surface area contributed by atoms with Gasteiger partial charge in [-0.05, 0) is 30.2 Å². The van der Waals surface area contributed by atoms with Gasteiger partial charge in [-0.2, -0.15) is 13.2 Å². The van der Waals surface area contributed by atoms with Crippen LogP contribution in [0.5, 0.6) is 0 Å². The first-order chi connectivity index (χ1) is 9.95. The molecule has 1 N–H and O–H groups in total. The zero-order chi connectivity index (χ0) is 15.3. The summed E-state index contributed by atoms with van der Waals surface area (Å²) in [5, 5.41) is 2.54. The van der Waals surface area contributed by atoms with E-state index < -0.39 is 11.9 Å². The minimum Gasteiger partial charge on any atom is -0.472 e. The minimum atomic E-state index is -4.48. The van der Waals surface area contributed by atoms with Gasteiger partial charge in [-0.3, -0.25) is 4.79 Å². The van der Waals surface area contributed by atoms with Crippen molar-refractivity contribution in [3.63, 3.8) is 0 Å². The summed E-state index contributed by atoms with van der Waals surface area (Å²) in [7, 11) is 0. The number of hydrogen-bond acceptors (Lipinski definition) is 3. The van der Waals surface area contributed by atoms with Crippen LogP contribution < -0.4 is 5.32 Å². The first-order valence-corrected chi connectivity index (χ1v) is 6.26. The van der Waals surface area contributed by atoms with Crippen molar-refractivity contribution in [2.75, 3.05) is 0 Å².